The van der Waals surface area contributed by atoms with Gasteiger partial charge < -0.3 is 0 Å². The second-order valence-electron chi connectivity index (χ2n) is 5.34. The van der Waals surface area contributed by atoms with Crippen LogP contribution in [0.5, 0.6) is 0 Å². The number of fused-ring (bicyclic) bond motifs is 1. The average Bonchev–Trinajstić information content (AvgIpc) is 2.75. The first-order chi connectivity index (χ1) is 10.7. The van der Waals surface area contributed by atoms with Crippen molar-refractivity contribution in [2.24, 2.45) is 5.10 Å². The summed E-state index contributed by atoms with van der Waals surface area (Å²) in [6, 6.07) is 14.7. The maximum absolute atomic E-state index is 10.7. The number of aryl methyl sites for hydroxylation is 1. The summed E-state index contributed by atoms with van der Waals surface area (Å²) in [5.74, 6) is 0. The molecule has 5 heteroatoms. The number of nitrogens with zero attached hydrogens (tertiary/aromatic N) is 2. The van der Waals surface area contributed by atoms with Gasteiger partial charge in [0.1, 0.15) is 0 Å². The van der Waals surface area contributed by atoms with Gasteiger partial charge in [-0.1, -0.05) is 24.3 Å². The van der Waals surface area contributed by atoms with Gasteiger partial charge >= 0.3 is 0 Å². The molecule has 0 fully saturated rings. The molecule has 0 radical (unpaired) electrons. The van der Waals surface area contributed by atoms with E-state index in [0.717, 1.165) is 30.7 Å². The molecule has 2 aromatic carbocycles. The number of benzene rings is 2. The van der Waals surface area contributed by atoms with E-state index in [-0.39, 0.29) is 5.69 Å². The van der Waals surface area contributed by atoms with Gasteiger partial charge in [-0.3, -0.25) is 15.5 Å². The molecule has 0 atom stereocenters. The smallest absolute Gasteiger partial charge is 0.269 e. The van der Waals surface area contributed by atoms with Gasteiger partial charge in [-0.15, -0.1) is 0 Å². The molecule has 0 saturated carbocycles. The van der Waals surface area contributed by atoms with Crippen LogP contribution in [0.1, 0.15) is 30.4 Å². The maximum atomic E-state index is 10.7. The van der Waals surface area contributed by atoms with Gasteiger partial charge in [-0.05, 0) is 43.4 Å². The van der Waals surface area contributed by atoms with Crippen molar-refractivity contribution < 1.29 is 4.92 Å². The zero-order chi connectivity index (χ0) is 15.4. The minimum absolute atomic E-state index is 0.0815. The van der Waals surface area contributed by atoms with E-state index < -0.39 is 4.92 Å². The standard InChI is InChI=1S/C17H17N3O2/c21-20(22)15-11-9-14(10-12-15)18-19-17-8-4-2-6-13-5-1-3-7-16(13)17/h1,3,5,7,9-12,18H,2,4,6,8H2/b19-17-. The summed E-state index contributed by atoms with van der Waals surface area (Å²) in [6.07, 6.45) is 4.33. The minimum atomic E-state index is -0.406. The van der Waals surface area contributed by atoms with Crippen molar-refractivity contribution in [2.45, 2.75) is 25.7 Å². The molecule has 0 unspecified atom stereocenters. The lowest BCUT2D eigenvalue weighted by Crippen LogP contribution is -2.05. The van der Waals surface area contributed by atoms with Crippen molar-refractivity contribution in [1.29, 1.82) is 0 Å². The SMILES string of the molecule is O=[N+]([O-])c1ccc(N/N=C2/CCCCc3ccccc32)cc1. The summed E-state index contributed by atoms with van der Waals surface area (Å²) >= 11 is 0. The van der Waals surface area contributed by atoms with Gasteiger partial charge in [0.2, 0.25) is 0 Å². The van der Waals surface area contributed by atoms with Gasteiger partial charge in [0.25, 0.3) is 5.69 Å². The summed E-state index contributed by atoms with van der Waals surface area (Å²) < 4.78 is 0. The van der Waals surface area contributed by atoms with E-state index in [2.05, 4.69) is 28.7 Å². The Labute approximate surface area is 128 Å². The third-order valence-corrected chi connectivity index (χ3v) is 3.84. The fraction of sp³-hybridized carbons (Fsp3) is 0.235. The van der Waals surface area contributed by atoms with E-state index >= 15 is 0 Å². The summed E-state index contributed by atoms with van der Waals surface area (Å²) in [5.41, 5.74) is 7.43. The lowest BCUT2D eigenvalue weighted by Gasteiger charge is -2.08. The second kappa shape index (κ2) is 6.39. The topological polar surface area (TPSA) is 67.5 Å². The highest BCUT2D eigenvalue weighted by molar-refractivity contribution is 6.02. The number of hydrogen-bond acceptors (Lipinski definition) is 4. The molecular weight excluding hydrogens is 278 g/mol. The molecule has 0 heterocycles. The van der Waals surface area contributed by atoms with Crippen LogP contribution in [0.2, 0.25) is 0 Å². The number of nitro groups is 1. The van der Waals surface area contributed by atoms with Crippen molar-refractivity contribution >= 4 is 17.1 Å². The fourth-order valence-electron chi connectivity index (χ4n) is 2.67. The van der Waals surface area contributed by atoms with Crippen molar-refractivity contribution in [1.82, 2.24) is 0 Å². The Balaban J connectivity index is 1.81. The molecule has 1 N–H and O–H groups in total. The molecular formula is C17H17N3O2. The monoisotopic (exact) mass is 295 g/mol. The summed E-state index contributed by atoms with van der Waals surface area (Å²) in [6.45, 7) is 0. The van der Waals surface area contributed by atoms with E-state index in [9.17, 15) is 10.1 Å². The van der Waals surface area contributed by atoms with Crippen molar-refractivity contribution in [3.63, 3.8) is 0 Å². The first-order valence-electron chi connectivity index (χ1n) is 7.39. The van der Waals surface area contributed by atoms with Crippen LogP contribution in [-0.2, 0) is 6.42 Å². The van der Waals surface area contributed by atoms with E-state index in [0.29, 0.717) is 0 Å². The molecule has 0 amide bonds. The van der Waals surface area contributed by atoms with Crippen LogP contribution in [0.4, 0.5) is 11.4 Å². The van der Waals surface area contributed by atoms with E-state index in [4.69, 9.17) is 0 Å². The van der Waals surface area contributed by atoms with E-state index in [1.54, 1.807) is 12.1 Å². The third-order valence-electron chi connectivity index (χ3n) is 3.84. The molecule has 1 aliphatic rings. The Morgan fingerprint density at radius 2 is 1.73 bits per heavy atom. The summed E-state index contributed by atoms with van der Waals surface area (Å²) in [7, 11) is 0. The van der Waals surface area contributed by atoms with Crippen LogP contribution in [0.15, 0.2) is 53.6 Å². The highest BCUT2D eigenvalue weighted by atomic mass is 16.6. The van der Waals surface area contributed by atoms with Crippen LogP contribution >= 0.6 is 0 Å². The van der Waals surface area contributed by atoms with Crippen LogP contribution in [0.25, 0.3) is 0 Å². The first kappa shape index (κ1) is 14.3. The van der Waals surface area contributed by atoms with Crippen LogP contribution in [0.3, 0.4) is 0 Å². The van der Waals surface area contributed by atoms with Gasteiger partial charge in [0, 0.05) is 17.7 Å². The molecule has 112 valence electrons. The number of nitrogens with one attached hydrogen (secondary N) is 1. The van der Waals surface area contributed by atoms with Crippen LogP contribution in [-0.4, -0.2) is 10.6 Å². The van der Waals surface area contributed by atoms with Gasteiger partial charge in [-0.25, -0.2) is 0 Å². The van der Waals surface area contributed by atoms with Crippen molar-refractivity contribution in [3.8, 4) is 0 Å². The predicted molar refractivity (Wildman–Crippen MR) is 87.3 cm³/mol. The Bertz CT molecular complexity index is 708. The number of hydrogen-bond donors (Lipinski definition) is 1. The molecule has 0 aromatic heterocycles. The molecule has 1 aliphatic carbocycles. The normalized spacial score (nSPS) is 15.9. The lowest BCUT2D eigenvalue weighted by atomic mass is 10.0. The predicted octanol–water partition coefficient (Wildman–Crippen LogP) is 4.14. The Morgan fingerprint density at radius 3 is 2.50 bits per heavy atom. The Kier molecular flexibility index (Phi) is 4.14. The molecule has 0 bridgehead atoms. The Hall–Kier alpha value is -2.69. The van der Waals surface area contributed by atoms with Gasteiger partial charge in [-0.2, -0.15) is 5.10 Å². The summed E-state index contributed by atoms with van der Waals surface area (Å²) in [5, 5.41) is 15.2. The third kappa shape index (κ3) is 3.14. The Morgan fingerprint density at radius 1 is 1.00 bits per heavy atom. The van der Waals surface area contributed by atoms with Crippen LogP contribution < -0.4 is 5.43 Å². The number of non-ortho nitro benzene ring substituents is 1. The summed E-state index contributed by atoms with van der Waals surface area (Å²) in [4.78, 5) is 10.2. The largest absolute Gasteiger partial charge is 0.278 e. The zero-order valence-electron chi connectivity index (χ0n) is 12.2. The molecule has 0 spiro atoms. The van der Waals surface area contributed by atoms with Crippen molar-refractivity contribution in [2.75, 3.05) is 5.43 Å². The molecule has 2 aromatic rings. The number of nitro benzene ring substituents is 1. The fourth-order valence-corrected chi connectivity index (χ4v) is 2.67. The van der Waals surface area contributed by atoms with Gasteiger partial charge in [0.15, 0.2) is 0 Å². The minimum Gasteiger partial charge on any atom is -0.278 e. The molecule has 5 nitrogen and oxygen atoms in total. The zero-order valence-corrected chi connectivity index (χ0v) is 12.2. The van der Waals surface area contributed by atoms with E-state index in [1.165, 1.54) is 29.7 Å². The number of rotatable bonds is 3. The molecule has 0 saturated heterocycles. The van der Waals surface area contributed by atoms with E-state index in [1.807, 2.05) is 6.07 Å². The average molecular weight is 295 g/mol. The van der Waals surface area contributed by atoms with Gasteiger partial charge in [0.05, 0.1) is 16.3 Å². The number of anilines is 1. The molecule has 3 rings (SSSR count). The second-order valence-corrected chi connectivity index (χ2v) is 5.34. The van der Waals surface area contributed by atoms with Crippen molar-refractivity contribution in [3.05, 3.63) is 69.8 Å². The quantitative estimate of drug-likeness (QED) is 0.525. The maximum Gasteiger partial charge on any atom is 0.269 e. The molecule has 0 aliphatic heterocycles. The van der Waals surface area contributed by atoms with Crippen LogP contribution in [0, 0.1) is 10.1 Å². The highest BCUT2D eigenvalue weighted by Gasteiger charge is 2.13. The lowest BCUT2D eigenvalue weighted by molar-refractivity contribution is -0.384. The highest BCUT2D eigenvalue weighted by Crippen LogP contribution is 2.22. The molecule has 22 heavy (non-hydrogen) atoms. The number of hydrazone groups is 1. The first-order valence-corrected chi connectivity index (χ1v) is 7.39.